The van der Waals surface area contributed by atoms with Gasteiger partial charge in [0.2, 0.25) is 5.91 Å². The number of hydrogen-bond donors (Lipinski definition) is 3. The molecule has 1 saturated carbocycles. The molecular weight excluding hydrogens is 342 g/mol. The first-order valence-electron chi connectivity index (χ1n) is 10.2. The third kappa shape index (κ3) is 5.70. The predicted octanol–water partition coefficient (Wildman–Crippen LogP) is 3.12. The fourth-order valence-electron chi connectivity index (χ4n) is 4.06. The molecule has 1 aliphatic heterocycles. The van der Waals surface area contributed by atoms with Crippen molar-refractivity contribution in [3.8, 4) is 0 Å². The van der Waals surface area contributed by atoms with Gasteiger partial charge in [0, 0.05) is 37.8 Å². The Kier molecular flexibility index (Phi) is 7.10. The van der Waals surface area contributed by atoms with E-state index in [1.807, 2.05) is 24.3 Å². The Hall–Kier alpha value is -2.08. The maximum atomic E-state index is 12.4. The monoisotopic (exact) mass is 373 g/mol. The Balaban J connectivity index is 1.50. The van der Waals surface area contributed by atoms with Crippen LogP contribution >= 0.6 is 0 Å². The minimum absolute atomic E-state index is 0.0928. The first-order chi connectivity index (χ1) is 13.2. The number of urea groups is 1. The summed E-state index contributed by atoms with van der Waals surface area (Å²) in [4.78, 5) is 26.5. The summed E-state index contributed by atoms with van der Waals surface area (Å²) < 4.78 is 0. The second-order valence-corrected chi connectivity index (χ2v) is 7.82. The van der Waals surface area contributed by atoms with Crippen molar-refractivity contribution in [2.45, 2.75) is 51.5 Å². The molecule has 1 atom stereocenters. The average Bonchev–Trinajstić information content (AvgIpc) is 2.73. The molecule has 1 aromatic rings. The number of amides is 3. The van der Waals surface area contributed by atoms with Gasteiger partial charge < -0.3 is 20.6 Å². The van der Waals surface area contributed by atoms with Crippen molar-refractivity contribution < 1.29 is 14.7 Å². The maximum absolute atomic E-state index is 12.4. The summed E-state index contributed by atoms with van der Waals surface area (Å²) in [5, 5.41) is 15.3. The summed E-state index contributed by atoms with van der Waals surface area (Å²) in [5.74, 6) is 0.419. The molecule has 2 fully saturated rings. The smallest absolute Gasteiger partial charge is 0.317 e. The van der Waals surface area contributed by atoms with Crippen LogP contribution in [0.5, 0.6) is 0 Å². The van der Waals surface area contributed by atoms with Gasteiger partial charge in [0.1, 0.15) is 0 Å². The summed E-state index contributed by atoms with van der Waals surface area (Å²) in [7, 11) is 0. The quantitative estimate of drug-likeness (QED) is 0.742. The van der Waals surface area contributed by atoms with Gasteiger partial charge in [-0.05, 0) is 49.3 Å². The molecule has 1 aliphatic carbocycles. The molecule has 1 aromatic carbocycles. The molecule has 3 rings (SSSR count). The number of aliphatic hydroxyl groups excluding tert-OH is 1. The highest BCUT2D eigenvalue weighted by Crippen LogP contribution is 2.25. The van der Waals surface area contributed by atoms with E-state index in [1.165, 1.54) is 6.42 Å². The van der Waals surface area contributed by atoms with E-state index >= 15 is 0 Å². The Morgan fingerprint density at radius 1 is 1.11 bits per heavy atom. The summed E-state index contributed by atoms with van der Waals surface area (Å²) in [6.07, 6.45) is 7.37. The molecule has 0 bridgehead atoms. The third-order valence-electron chi connectivity index (χ3n) is 5.68. The van der Waals surface area contributed by atoms with Crippen LogP contribution in [0.25, 0.3) is 0 Å². The lowest BCUT2D eigenvalue weighted by Crippen LogP contribution is -2.45. The first kappa shape index (κ1) is 19.7. The van der Waals surface area contributed by atoms with E-state index in [2.05, 4.69) is 10.6 Å². The van der Waals surface area contributed by atoms with E-state index in [4.69, 9.17) is 0 Å². The van der Waals surface area contributed by atoms with Crippen LogP contribution in [0, 0.1) is 11.8 Å². The Morgan fingerprint density at radius 2 is 1.93 bits per heavy atom. The third-order valence-corrected chi connectivity index (χ3v) is 5.68. The van der Waals surface area contributed by atoms with Crippen molar-refractivity contribution >= 4 is 17.6 Å². The van der Waals surface area contributed by atoms with Gasteiger partial charge in [-0.2, -0.15) is 0 Å². The molecule has 1 unspecified atom stereocenters. The highest BCUT2D eigenvalue weighted by Gasteiger charge is 2.23. The normalized spacial score (nSPS) is 20.9. The molecule has 0 spiro atoms. The topological polar surface area (TPSA) is 81.7 Å². The number of anilines is 1. The van der Waals surface area contributed by atoms with E-state index in [-0.39, 0.29) is 30.4 Å². The lowest BCUT2D eigenvalue weighted by atomic mass is 9.88. The fourth-order valence-corrected chi connectivity index (χ4v) is 4.06. The molecule has 3 N–H and O–H groups in total. The van der Waals surface area contributed by atoms with Crippen LogP contribution < -0.4 is 10.6 Å². The van der Waals surface area contributed by atoms with Crippen LogP contribution in [0.1, 0.15) is 50.5 Å². The minimum Gasteiger partial charge on any atom is -0.396 e. The van der Waals surface area contributed by atoms with Gasteiger partial charge in [0.15, 0.2) is 0 Å². The summed E-state index contributed by atoms with van der Waals surface area (Å²) in [5.41, 5.74) is 1.75. The number of rotatable bonds is 5. The second-order valence-electron chi connectivity index (χ2n) is 7.82. The van der Waals surface area contributed by atoms with Crippen molar-refractivity contribution in [3.63, 3.8) is 0 Å². The Morgan fingerprint density at radius 3 is 2.70 bits per heavy atom. The zero-order valence-electron chi connectivity index (χ0n) is 16.0. The molecule has 0 radical (unpaired) electrons. The van der Waals surface area contributed by atoms with Crippen molar-refractivity contribution in [1.82, 2.24) is 10.2 Å². The molecule has 1 heterocycles. The number of likely N-dealkylation sites (tertiary alicyclic amines) is 1. The van der Waals surface area contributed by atoms with Crippen LogP contribution in [0.3, 0.4) is 0 Å². The SMILES string of the molecule is O=C(Nc1cccc(CNC(=O)N2CCCC(CO)C2)c1)C1CCCCC1. The highest BCUT2D eigenvalue weighted by molar-refractivity contribution is 5.92. The molecular formula is C21H31N3O3. The van der Waals surface area contributed by atoms with Gasteiger partial charge in [0.05, 0.1) is 0 Å². The van der Waals surface area contributed by atoms with E-state index in [1.54, 1.807) is 4.90 Å². The number of benzene rings is 1. The van der Waals surface area contributed by atoms with Crippen LogP contribution in [-0.4, -0.2) is 41.6 Å². The second kappa shape index (κ2) is 9.74. The molecule has 0 aromatic heterocycles. The minimum atomic E-state index is -0.0928. The van der Waals surface area contributed by atoms with Gasteiger partial charge >= 0.3 is 6.03 Å². The van der Waals surface area contributed by atoms with E-state index in [9.17, 15) is 14.7 Å². The zero-order chi connectivity index (χ0) is 19.1. The number of nitrogens with one attached hydrogen (secondary N) is 2. The average molecular weight is 373 g/mol. The van der Waals surface area contributed by atoms with Crippen LogP contribution in [-0.2, 0) is 11.3 Å². The lowest BCUT2D eigenvalue weighted by Gasteiger charge is -2.31. The van der Waals surface area contributed by atoms with Crippen molar-refractivity contribution in [2.24, 2.45) is 11.8 Å². The van der Waals surface area contributed by atoms with Gasteiger partial charge in [-0.1, -0.05) is 31.4 Å². The molecule has 27 heavy (non-hydrogen) atoms. The summed E-state index contributed by atoms with van der Waals surface area (Å²) in [6.45, 7) is 1.90. The van der Waals surface area contributed by atoms with Gasteiger partial charge in [-0.3, -0.25) is 4.79 Å². The predicted molar refractivity (Wildman–Crippen MR) is 105 cm³/mol. The Labute approximate surface area is 161 Å². The number of aliphatic hydroxyl groups is 1. The number of hydrogen-bond acceptors (Lipinski definition) is 3. The lowest BCUT2D eigenvalue weighted by molar-refractivity contribution is -0.120. The summed E-state index contributed by atoms with van der Waals surface area (Å²) in [6, 6.07) is 7.57. The van der Waals surface area contributed by atoms with Crippen LogP contribution in [0.4, 0.5) is 10.5 Å². The molecule has 6 heteroatoms. The fraction of sp³-hybridized carbons (Fsp3) is 0.619. The number of nitrogens with zero attached hydrogens (tertiary/aromatic N) is 1. The molecule has 2 aliphatic rings. The van der Waals surface area contributed by atoms with Crippen LogP contribution in [0.15, 0.2) is 24.3 Å². The standard InChI is InChI=1S/C21H31N3O3/c25-15-17-7-5-11-24(14-17)21(27)22-13-16-6-4-10-19(12-16)23-20(26)18-8-2-1-3-9-18/h4,6,10,12,17-18,25H,1-3,5,7-9,11,13-15H2,(H,22,27)(H,23,26). The highest BCUT2D eigenvalue weighted by atomic mass is 16.3. The number of piperidine rings is 1. The molecule has 6 nitrogen and oxygen atoms in total. The zero-order valence-corrected chi connectivity index (χ0v) is 16.0. The van der Waals surface area contributed by atoms with Crippen LogP contribution in [0.2, 0.25) is 0 Å². The number of carbonyl (C=O) groups excluding carboxylic acids is 2. The number of carbonyl (C=O) groups is 2. The molecule has 148 valence electrons. The van der Waals surface area contributed by atoms with Crippen molar-refractivity contribution in [3.05, 3.63) is 29.8 Å². The first-order valence-corrected chi connectivity index (χ1v) is 10.2. The maximum Gasteiger partial charge on any atom is 0.317 e. The van der Waals surface area contributed by atoms with E-state index in [0.29, 0.717) is 13.1 Å². The van der Waals surface area contributed by atoms with E-state index in [0.717, 1.165) is 56.3 Å². The largest absolute Gasteiger partial charge is 0.396 e. The molecule has 3 amide bonds. The van der Waals surface area contributed by atoms with Gasteiger partial charge in [-0.25, -0.2) is 4.79 Å². The van der Waals surface area contributed by atoms with Gasteiger partial charge in [-0.15, -0.1) is 0 Å². The van der Waals surface area contributed by atoms with Gasteiger partial charge in [0.25, 0.3) is 0 Å². The van der Waals surface area contributed by atoms with E-state index < -0.39 is 0 Å². The molecule has 1 saturated heterocycles. The Bertz CT molecular complexity index is 643. The summed E-state index contributed by atoms with van der Waals surface area (Å²) >= 11 is 0. The van der Waals surface area contributed by atoms with Crippen molar-refractivity contribution in [2.75, 3.05) is 25.0 Å². The van der Waals surface area contributed by atoms with Crippen molar-refractivity contribution in [1.29, 1.82) is 0 Å².